The molecule has 3 heterocycles. The maximum Gasteiger partial charge on any atom is 0.501 e. The highest BCUT2D eigenvalue weighted by atomic mass is 127. The Morgan fingerprint density at radius 3 is 1.95 bits per heavy atom. The van der Waals surface area contributed by atoms with Gasteiger partial charge in [-0.1, -0.05) is 12.2 Å². The van der Waals surface area contributed by atoms with Crippen LogP contribution in [0.2, 0.25) is 6.04 Å². The number of rotatable bonds is 3. The molecule has 3 aliphatic heterocycles. The maximum atomic E-state index is 6.30. The molecule has 3 saturated heterocycles. The molecule has 0 aliphatic carbocycles. The molecule has 0 aromatic heterocycles. The van der Waals surface area contributed by atoms with E-state index in [9.17, 15) is 0 Å². The summed E-state index contributed by atoms with van der Waals surface area (Å²) in [4.78, 5) is 2.37. The lowest BCUT2D eigenvalue weighted by Gasteiger charge is -2.45. The summed E-state index contributed by atoms with van der Waals surface area (Å²) in [7, 11) is -2.55. The third-order valence-corrected chi connectivity index (χ3v) is 6.82. The van der Waals surface area contributed by atoms with Gasteiger partial charge in [0.25, 0.3) is 0 Å². The van der Waals surface area contributed by atoms with Gasteiger partial charge in [0.2, 0.25) is 0 Å². The summed E-state index contributed by atoms with van der Waals surface area (Å²) in [6.45, 7) is 9.22. The van der Waals surface area contributed by atoms with Crippen LogP contribution in [0.4, 0.5) is 0 Å². The first kappa shape index (κ1) is 18.5. The van der Waals surface area contributed by atoms with Crippen LogP contribution in [0.1, 0.15) is 28.6 Å². The van der Waals surface area contributed by atoms with E-state index in [1.165, 1.54) is 0 Å². The highest BCUT2D eigenvalue weighted by Crippen LogP contribution is 2.28. The largest absolute Gasteiger partial charge is 0.501 e. The minimum absolute atomic E-state index is 0.173. The van der Waals surface area contributed by atoms with Crippen LogP contribution in [-0.2, 0) is 13.3 Å². The zero-order chi connectivity index (χ0) is 16.8. The minimum Gasteiger partial charge on any atom is -0.369 e. The van der Waals surface area contributed by atoms with Gasteiger partial charge in [-0.15, -0.1) is 11.6 Å². The molecule has 3 aliphatic rings. The maximum absolute atomic E-state index is 6.30. The number of alkyl halides is 1. The Morgan fingerprint density at radius 2 is 1.62 bits per heavy atom. The molecule has 3 fully saturated rings. The van der Waals surface area contributed by atoms with Crippen LogP contribution in [0.5, 0.6) is 0 Å². The van der Waals surface area contributed by atoms with Crippen LogP contribution in [0.25, 0.3) is 0 Å². The van der Waals surface area contributed by atoms with Gasteiger partial charge < -0.3 is 13.3 Å². The van der Waals surface area contributed by atoms with Crippen molar-refractivity contribution in [2.24, 2.45) is 0 Å². The molecule has 3 rings (SSSR count). The van der Waals surface area contributed by atoms with Crippen molar-refractivity contribution in [1.29, 1.82) is 0 Å². The van der Waals surface area contributed by atoms with E-state index in [1.807, 2.05) is 0 Å². The quantitative estimate of drug-likeness (QED) is 0.208. The molecule has 21 heavy (non-hydrogen) atoms. The molecule has 0 saturated carbocycles. The Balaban J connectivity index is 0.000000541. The summed E-state index contributed by atoms with van der Waals surface area (Å²) < 4.78 is 25.1. The van der Waals surface area contributed by atoms with E-state index in [-0.39, 0.29) is 21.7 Å². The second kappa shape index (κ2) is 10.1. The van der Waals surface area contributed by atoms with Crippen molar-refractivity contribution in [1.82, 2.24) is 4.90 Å². The molecular formula is C13H25ClINO3SSi. The zero-order valence-corrected chi connectivity index (χ0v) is 17.5. The minimum atomic E-state index is -2.55. The predicted octanol–water partition coefficient (Wildman–Crippen LogP) is 3.48. The Labute approximate surface area is 154 Å². The van der Waals surface area contributed by atoms with Gasteiger partial charge in [0, 0.05) is 34.9 Å². The average Bonchev–Trinajstić information content (AvgIpc) is 2.31. The topological polar surface area (TPSA) is 30.9 Å². The number of fused-ring (bicyclic) bond motifs is 6. The van der Waals surface area contributed by atoms with Gasteiger partial charge in [-0.2, -0.15) is 0 Å². The molecule has 124 valence electrons. The number of thiocarbonyl (C=S) groups is 1. The molecule has 0 aromatic rings. The molecule has 3 unspecified atom stereocenters. The third kappa shape index (κ3) is 7.07. The summed E-state index contributed by atoms with van der Waals surface area (Å²) >= 11 is 11.8. The van der Waals surface area contributed by atoms with Crippen LogP contribution in [0, 0.1) is 0 Å². The first-order valence-electron chi connectivity index (χ1n) is 7.74. The molecule has 0 aromatic carbocycles. The van der Waals surface area contributed by atoms with Gasteiger partial charge >= 0.3 is 8.80 Å². The van der Waals surface area contributed by atoms with Crippen LogP contribution >= 0.6 is 46.4 Å². The van der Waals surface area contributed by atoms with E-state index in [4.69, 9.17) is 26.2 Å². The molecular weight excluding hydrogens is 441 g/mol. The Hall–Kier alpha value is 1.17. The van der Waals surface area contributed by atoms with Gasteiger partial charge in [0.15, 0.2) is 0 Å². The highest BCUT2D eigenvalue weighted by molar-refractivity contribution is 14.1. The van der Waals surface area contributed by atoms with Gasteiger partial charge in [0.05, 0.1) is 19.7 Å². The highest BCUT2D eigenvalue weighted by Gasteiger charge is 2.48. The molecule has 0 spiro atoms. The molecule has 0 radical (unpaired) electrons. The zero-order valence-electron chi connectivity index (χ0n) is 13.8. The average molecular weight is 468 g/mol. The molecule has 3 atom stereocenters. The summed E-state index contributed by atoms with van der Waals surface area (Å²) in [6, 6.07) is 0.829. The van der Waals surface area contributed by atoms with Gasteiger partial charge in [0.1, 0.15) is 0 Å². The lowest BCUT2D eigenvalue weighted by Crippen LogP contribution is -2.61. The van der Waals surface area contributed by atoms with Crippen molar-refractivity contribution in [3.05, 3.63) is 0 Å². The standard InChI is InChI=1S/C12H24ClNO3Si.CHIS/c1-10-7-14-8-11(2)16-18(15-10,6-4-5-13)17-12(3)9-14;2-1-3/h10-12H,4-9H2,1-3H3;1H/i;1T. The fourth-order valence-electron chi connectivity index (χ4n) is 2.89. The molecule has 8 heteroatoms. The summed E-state index contributed by atoms with van der Waals surface area (Å²) in [5.74, 6) is 0.633. The van der Waals surface area contributed by atoms with Gasteiger partial charge in [-0.05, 0) is 49.8 Å². The smallest absolute Gasteiger partial charge is 0.369 e. The van der Waals surface area contributed by atoms with E-state index in [0.717, 1.165) is 32.1 Å². The number of halogens is 2. The third-order valence-electron chi connectivity index (χ3n) is 3.30. The van der Waals surface area contributed by atoms with E-state index in [2.05, 4.69) is 37.9 Å². The van der Waals surface area contributed by atoms with Gasteiger partial charge in [-0.3, -0.25) is 4.90 Å². The molecule has 0 N–H and O–H groups in total. The Kier molecular flexibility index (Phi) is 8.92. The van der Waals surface area contributed by atoms with E-state index >= 15 is 0 Å². The van der Waals surface area contributed by atoms with E-state index in [1.54, 1.807) is 22.6 Å². The number of nitrogens with zero attached hydrogens (tertiary/aromatic N) is 1. The Bertz CT molecular complexity index is 332. The first-order valence-corrected chi connectivity index (χ1v) is 11.2. The summed E-state index contributed by atoms with van der Waals surface area (Å²) in [5, 5.41) is 0. The second-order valence-corrected chi connectivity index (χ2v) is 9.98. The Morgan fingerprint density at radius 1 is 1.24 bits per heavy atom. The van der Waals surface area contributed by atoms with Crippen LogP contribution < -0.4 is 0 Å². The van der Waals surface area contributed by atoms with Crippen molar-refractivity contribution >= 4 is 58.6 Å². The first-order chi connectivity index (χ1) is 10.3. The molecule has 0 amide bonds. The number of hydrogen-bond acceptors (Lipinski definition) is 5. The van der Waals surface area contributed by atoms with Crippen molar-refractivity contribution in [2.45, 2.75) is 51.5 Å². The lowest BCUT2D eigenvalue weighted by molar-refractivity contribution is -0.0789. The van der Waals surface area contributed by atoms with E-state index < -0.39 is 8.80 Å². The SMILES string of the molecule is CC1CN2CC(C)O[Si](CCCCl)(O1)OC(C)C2.[3H]C(=S)I. The van der Waals surface area contributed by atoms with Crippen LogP contribution in [0.15, 0.2) is 0 Å². The van der Waals surface area contributed by atoms with Crippen molar-refractivity contribution in [3.63, 3.8) is 0 Å². The monoisotopic (exact) mass is 467 g/mol. The predicted molar refractivity (Wildman–Crippen MR) is 102 cm³/mol. The summed E-state index contributed by atoms with van der Waals surface area (Å²) in [6.07, 6.45) is 1.41. The molecule has 4 nitrogen and oxygen atoms in total. The second-order valence-electron chi connectivity index (χ2n) is 5.56. The lowest BCUT2D eigenvalue weighted by atomic mass is 10.2. The van der Waals surface area contributed by atoms with Crippen molar-refractivity contribution in [3.8, 4) is 0 Å². The van der Waals surface area contributed by atoms with Crippen molar-refractivity contribution in [2.75, 3.05) is 25.5 Å². The summed E-state index contributed by atoms with van der Waals surface area (Å²) in [5.41, 5.74) is 0. The number of hydrogen-bond donors (Lipinski definition) is 0. The fourth-order valence-corrected chi connectivity index (χ4v) is 6.44. The van der Waals surface area contributed by atoms with Gasteiger partial charge in [-0.25, -0.2) is 0 Å². The van der Waals surface area contributed by atoms with Crippen molar-refractivity contribution < 1.29 is 14.6 Å². The van der Waals surface area contributed by atoms with Crippen LogP contribution in [-0.4, -0.2) is 60.9 Å². The normalized spacial score (nSPS) is 40.1. The van der Waals surface area contributed by atoms with E-state index in [0.29, 0.717) is 5.88 Å². The molecule has 2 bridgehead atoms. The fraction of sp³-hybridized carbons (Fsp3) is 0.923. The van der Waals surface area contributed by atoms with Crippen LogP contribution in [0.3, 0.4) is 0 Å².